The number of benzene rings is 5. The topological polar surface area (TPSA) is 61.8 Å². The van der Waals surface area contributed by atoms with E-state index >= 15 is 0 Å². The molecule has 6 rings (SSSR count). The number of esters is 2. The first kappa shape index (κ1) is 33.4. The Morgan fingerprint density at radius 2 is 1.12 bits per heavy atom. The second-order valence-corrected chi connectivity index (χ2v) is 15.3. The minimum absolute atomic E-state index is 0.0480. The highest BCUT2D eigenvalue weighted by Crippen LogP contribution is 2.53. The maximum atomic E-state index is 13.7. The fourth-order valence-electron chi connectivity index (χ4n) is 7.70. The Hall–Kier alpha value is -4.47. The number of rotatable bonds is 9. The lowest BCUT2D eigenvalue weighted by molar-refractivity contribution is -0.168. The highest BCUT2D eigenvalue weighted by Gasteiger charge is 2.55. The zero-order chi connectivity index (χ0) is 34.2. The Morgan fingerprint density at radius 1 is 0.625 bits per heavy atom. The van der Waals surface area contributed by atoms with Crippen LogP contribution in [0.25, 0.3) is 21.9 Å². The summed E-state index contributed by atoms with van der Waals surface area (Å²) in [5.41, 5.74) is 5.09. The van der Waals surface area contributed by atoms with Gasteiger partial charge in [0.05, 0.1) is 21.3 Å². The van der Waals surface area contributed by atoms with E-state index in [2.05, 4.69) is 125 Å². The van der Waals surface area contributed by atoms with Gasteiger partial charge in [-0.3, -0.25) is 9.59 Å². The summed E-state index contributed by atoms with van der Waals surface area (Å²) in [6, 6.07) is 34.1. The van der Waals surface area contributed by atoms with Crippen LogP contribution in [0.4, 0.5) is 0 Å². The molecule has 0 heterocycles. The van der Waals surface area contributed by atoms with Crippen molar-refractivity contribution >= 4 is 46.5 Å². The highest BCUT2D eigenvalue weighted by atomic mass is 31.1. The molecule has 1 aliphatic rings. The lowest BCUT2D eigenvalue weighted by atomic mass is 9.80. The predicted octanol–water partition coefficient (Wildman–Crippen LogP) is 7.95. The lowest BCUT2D eigenvalue weighted by Crippen LogP contribution is -2.42. The third-order valence-corrected chi connectivity index (χ3v) is 12.2. The van der Waals surface area contributed by atoms with E-state index < -0.39 is 25.3 Å². The van der Waals surface area contributed by atoms with Crippen LogP contribution in [0.1, 0.15) is 61.8 Å². The molecule has 0 aromatic heterocycles. The smallest absolute Gasteiger partial charge is 0.323 e. The van der Waals surface area contributed by atoms with E-state index in [1.165, 1.54) is 35.7 Å². The normalized spacial score (nSPS) is 13.6. The van der Waals surface area contributed by atoms with Crippen LogP contribution in [0, 0.1) is 5.41 Å². The van der Waals surface area contributed by atoms with Gasteiger partial charge in [0.15, 0.2) is 5.41 Å². The summed E-state index contributed by atoms with van der Waals surface area (Å²) >= 11 is 0. The predicted molar refractivity (Wildman–Crippen MR) is 197 cm³/mol. The molecule has 0 radical (unpaired) electrons. The molecule has 6 heteroatoms. The first-order valence-corrected chi connectivity index (χ1v) is 17.9. The molecule has 5 nitrogen and oxygen atoms in total. The monoisotopic (exact) mass is 658 g/mol. The van der Waals surface area contributed by atoms with Crippen LogP contribution in [0.5, 0.6) is 5.75 Å². The average molecular weight is 659 g/mol. The number of ether oxygens (including phenoxy) is 3. The molecule has 0 spiro atoms. The largest absolute Gasteiger partial charge is 0.496 e. The van der Waals surface area contributed by atoms with Crippen LogP contribution in [0.3, 0.4) is 0 Å². The van der Waals surface area contributed by atoms with Crippen molar-refractivity contribution in [1.82, 2.24) is 0 Å². The van der Waals surface area contributed by atoms with Gasteiger partial charge in [-0.25, -0.2) is 0 Å². The van der Waals surface area contributed by atoms with Crippen molar-refractivity contribution in [2.24, 2.45) is 5.41 Å². The SMILES string of the molecule is COC(=O)C1(C(=O)OC)Cc2c(c(C(C)C)c(P(c3ccccc3)c3ccccc3)c(-c3c(OC)ccc4ccccc34)c2C(C)C)C1. The van der Waals surface area contributed by atoms with E-state index in [1.807, 2.05) is 0 Å². The minimum atomic E-state index is -1.47. The molecular formula is C42H43O5P. The van der Waals surface area contributed by atoms with E-state index in [-0.39, 0.29) is 24.7 Å². The summed E-state index contributed by atoms with van der Waals surface area (Å²) in [6.45, 7) is 8.86. The molecule has 246 valence electrons. The number of fused-ring (bicyclic) bond motifs is 2. The molecule has 0 N–H and O–H groups in total. The van der Waals surface area contributed by atoms with Gasteiger partial charge in [0, 0.05) is 18.4 Å². The highest BCUT2D eigenvalue weighted by molar-refractivity contribution is 7.80. The average Bonchev–Trinajstić information content (AvgIpc) is 3.51. The second-order valence-electron chi connectivity index (χ2n) is 13.1. The number of methoxy groups -OCH3 is 3. The zero-order valence-electron chi connectivity index (χ0n) is 28.8. The maximum absolute atomic E-state index is 13.7. The molecule has 48 heavy (non-hydrogen) atoms. The van der Waals surface area contributed by atoms with Crippen molar-refractivity contribution in [2.75, 3.05) is 21.3 Å². The molecule has 1 aliphatic carbocycles. The first-order chi connectivity index (χ1) is 23.2. The van der Waals surface area contributed by atoms with Gasteiger partial charge in [-0.2, -0.15) is 0 Å². The zero-order valence-corrected chi connectivity index (χ0v) is 29.7. The molecular weight excluding hydrogens is 615 g/mol. The van der Waals surface area contributed by atoms with Crippen LogP contribution < -0.4 is 20.7 Å². The molecule has 0 saturated heterocycles. The Balaban J connectivity index is 1.89. The molecule has 0 fully saturated rings. The maximum Gasteiger partial charge on any atom is 0.323 e. The molecule has 0 saturated carbocycles. The van der Waals surface area contributed by atoms with Crippen LogP contribution >= 0.6 is 7.92 Å². The van der Waals surface area contributed by atoms with Crippen molar-refractivity contribution in [1.29, 1.82) is 0 Å². The van der Waals surface area contributed by atoms with E-state index in [1.54, 1.807) is 7.11 Å². The summed E-state index contributed by atoms with van der Waals surface area (Å²) in [6.07, 6.45) is 0.436. The standard InChI is InChI=1S/C42H43O5P/c1-26(2)35-32-24-42(40(43)46-6,41(44)47-7)25-33(32)36(27(3)4)39(48(29-17-10-8-11-18-29)30-19-12-9-13-20-30)38(35)37-31-21-15-14-16-28(31)22-23-34(37)45-5/h8-23,26-27H,24-25H2,1-7H3. The van der Waals surface area contributed by atoms with Gasteiger partial charge in [0.1, 0.15) is 5.75 Å². The quantitative estimate of drug-likeness (QED) is 0.0914. The number of carbonyl (C=O) groups excluding carboxylic acids is 2. The van der Waals surface area contributed by atoms with Crippen LogP contribution in [0.2, 0.25) is 0 Å². The van der Waals surface area contributed by atoms with Crippen LogP contribution in [0.15, 0.2) is 97.1 Å². The van der Waals surface area contributed by atoms with E-state index in [0.717, 1.165) is 44.3 Å². The van der Waals surface area contributed by atoms with E-state index in [9.17, 15) is 9.59 Å². The van der Waals surface area contributed by atoms with Gasteiger partial charge in [-0.05, 0) is 80.3 Å². The van der Waals surface area contributed by atoms with Crippen LogP contribution in [-0.4, -0.2) is 33.3 Å². The summed E-state index contributed by atoms with van der Waals surface area (Å²) in [4.78, 5) is 27.4. The third-order valence-electron chi connectivity index (χ3n) is 9.65. The second kappa shape index (κ2) is 13.6. The molecule has 0 bridgehead atoms. The van der Waals surface area contributed by atoms with Gasteiger partial charge in [-0.15, -0.1) is 0 Å². The Labute approximate surface area is 285 Å². The van der Waals surface area contributed by atoms with E-state index in [4.69, 9.17) is 14.2 Å². The summed E-state index contributed by atoms with van der Waals surface area (Å²) in [5.74, 6) is -0.221. The summed E-state index contributed by atoms with van der Waals surface area (Å²) < 4.78 is 16.9. The lowest BCUT2D eigenvalue weighted by Gasteiger charge is -2.33. The van der Waals surface area contributed by atoms with Gasteiger partial charge >= 0.3 is 11.9 Å². The fraction of sp³-hybridized carbons (Fsp3) is 0.286. The van der Waals surface area contributed by atoms with Gasteiger partial charge < -0.3 is 14.2 Å². The molecule has 0 amide bonds. The molecule has 0 atom stereocenters. The van der Waals surface area contributed by atoms with Crippen LogP contribution in [-0.2, 0) is 31.9 Å². The Kier molecular flexibility index (Phi) is 9.45. The minimum Gasteiger partial charge on any atom is -0.496 e. The molecule has 5 aromatic carbocycles. The summed E-state index contributed by atoms with van der Waals surface area (Å²) in [5, 5.41) is 5.89. The van der Waals surface area contributed by atoms with Crippen molar-refractivity contribution in [3.8, 4) is 16.9 Å². The first-order valence-electron chi connectivity index (χ1n) is 16.5. The van der Waals surface area contributed by atoms with Crippen molar-refractivity contribution < 1.29 is 23.8 Å². The Bertz CT molecular complexity index is 1930. The van der Waals surface area contributed by atoms with Crippen molar-refractivity contribution in [2.45, 2.75) is 52.4 Å². The number of carbonyl (C=O) groups is 2. The van der Waals surface area contributed by atoms with Gasteiger partial charge in [0.2, 0.25) is 0 Å². The van der Waals surface area contributed by atoms with Gasteiger partial charge in [0.25, 0.3) is 0 Å². The van der Waals surface area contributed by atoms with Crippen molar-refractivity contribution in [3.05, 3.63) is 119 Å². The Morgan fingerprint density at radius 3 is 1.62 bits per heavy atom. The summed E-state index contributed by atoms with van der Waals surface area (Å²) in [7, 11) is 3.31. The van der Waals surface area contributed by atoms with E-state index in [0.29, 0.717) is 0 Å². The molecule has 0 aliphatic heterocycles. The fourth-order valence-corrected chi connectivity index (χ4v) is 10.5. The molecule has 5 aromatic rings. The number of hydrogen-bond acceptors (Lipinski definition) is 5. The number of hydrogen-bond donors (Lipinski definition) is 0. The molecule has 0 unspecified atom stereocenters. The van der Waals surface area contributed by atoms with Gasteiger partial charge in [-0.1, -0.05) is 119 Å². The third kappa shape index (κ3) is 5.48. The van der Waals surface area contributed by atoms with Crippen molar-refractivity contribution in [3.63, 3.8) is 0 Å².